The second-order valence-electron chi connectivity index (χ2n) is 6.33. The number of aromatic nitrogens is 3. The van der Waals surface area contributed by atoms with E-state index in [1.807, 2.05) is 38.1 Å². The first kappa shape index (κ1) is 19.2. The van der Waals surface area contributed by atoms with Crippen molar-refractivity contribution in [2.45, 2.75) is 26.2 Å². The van der Waals surface area contributed by atoms with Crippen LogP contribution in [-0.4, -0.2) is 22.1 Å². The Labute approximate surface area is 165 Å². The van der Waals surface area contributed by atoms with Gasteiger partial charge in [0.15, 0.2) is 0 Å². The van der Waals surface area contributed by atoms with E-state index < -0.39 is 0 Å². The van der Waals surface area contributed by atoms with E-state index in [9.17, 15) is 0 Å². The zero-order valence-corrected chi connectivity index (χ0v) is 16.2. The lowest BCUT2D eigenvalue weighted by atomic mass is 9.95. The van der Waals surface area contributed by atoms with Gasteiger partial charge in [0.05, 0.1) is 18.4 Å². The number of nitrogen functional groups attached to an aromatic ring is 2. The largest absolute Gasteiger partial charge is 0.496 e. The van der Waals surface area contributed by atoms with Crippen molar-refractivity contribution >= 4 is 11.8 Å². The molecule has 6 nitrogen and oxygen atoms in total. The van der Waals surface area contributed by atoms with Gasteiger partial charge in [-0.15, -0.1) is 0 Å². The minimum Gasteiger partial charge on any atom is -0.496 e. The summed E-state index contributed by atoms with van der Waals surface area (Å²) in [7, 11) is 1.66. The van der Waals surface area contributed by atoms with Gasteiger partial charge in [-0.05, 0) is 48.7 Å². The molecule has 0 bridgehead atoms. The highest BCUT2D eigenvalue weighted by Gasteiger charge is 2.13. The van der Waals surface area contributed by atoms with Crippen LogP contribution in [0.1, 0.15) is 36.6 Å². The Morgan fingerprint density at radius 2 is 1.82 bits per heavy atom. The van der Waals surface area contributed by atoms with Crippen molar-refractivity contribution in [2.24, 2.45) is 0 Å². The molecule has 0 fully saturated rings. The monoisotopic (exact) mass is 373 g/mol. The van der Waals surface area contributed by atoms with Gasteiger partial charge in [0.25, 0.3) is 0 Å². The maximum absolute atomic E-state index is 6.01. The van der Waals surface area contributed by atoms with Crippen LogP contribution in [0.25, 0.3) is 11.1 Å². The van der Waals surface area contributed by atoms with Crippen LogP contribution in [0, 0.1) is 11.8 Å². The third kappa shape index (κ3) is 4.04. The molecule has 0 unspecified atom stereocenters. The third-order valence-electron chi connectivity index (χ3n) is 4.49. The molecule has 142 valence electrons. The number of hydrogen-bond donors (Lipinski definition) is 2. The molecule has 0 radical (unpaired) electrons. The number of ether oxygens (including phenoxy) is 1. The molecule has 4 N–H and O–H groups in total. The molecule has 3 aromatic rings. The van der Waals surface area contributed by atoms with Crippen molar-refractivity contribution in [2.75, 3.05) is 18.6 Å². The SMILES string of the molecule is CCc1nc(N)nc(N)c1C#C[C@@H](C)c1cc(-c2ccncc2)ccc1OC. The summed E-state index contributed by atoms with van der Waals surface area (Å²) in [6.45, 7) is 4.01. The highest BCUT2D eigenvalue weighted by Crippen LogP contribution is 2.31. The summed E-state index contributed by atoms with van der Waals surface area (Å²) in [4.78, 5) is 12.4. The number of anilines is 2. The highest BCUT2D eigenvalue weighted by atomic mass is 16.5. The Bertz CT molecular complexity index is 1040. The molecule has 2 heterocycles. The van der Waals surface area contributed by atoms with Crippen molar-refractivity contribution in [1.82, 2.24) is 15.0 Å². The Morgan fingerprint density at radius 3 is 2.50 bits per heavy atom. The van der Waals surface area contributed by atoms with Crippen LogP contribution < -0.4 is 16.2 Å². The molecule has 6 heteroatoms. The topological polar surface area (TPSA) is 99.9 Å². The molecule has 3 rings (SSSR count). The second kappa shape index (κ2) is 8.40. The number of nitrogens with two attached hydrogens (primary N) is 2. The summed E-state index contributed by atoms with van der Waals surface area (Å²) in [5.41, 5.74) is 16.3. The van der Waals surface area contributed by atoms with Gasteiger partial charge in [-0.1, -0.05) is 24.8 Å². The molecule has 0 aliphatic rings. The molecule has 0 amide bonds. The van der Waals surface area contributed by atoms with Gasteiger partial charge >= 0.3 is 0 Å². The normalized spacial score (nSPS) is 11.4. The van der Waals surface area contributed by atoms with Crippen LogP contribution in [-0.2, 0) is 6.42 Å². The number of pyridine rings is 1. The molecule has 1 atom stereocenters. The minimum absolute atomic E-state index is 0.0848. The first-order valence-corrected chi connectivity index (χ1v) is 9.05. The summed E-state index contributed by atoms with van der Waals surface area (Å²) in [6, 6.07) is 10.0. The number of hydrogen-bond acceptors (Lipinski definition) is 6. The van der Waals surface area contributed by atoms with E-state index in [-0.39, 0.29) is 11.9 Å². The van der Waals surface area contributed by atoms with E-state index in [4.69, 9.17) is 16.2 Å². The summed E-state index contributed by atoms with van der Waals surface area (Å²) in [6.07, 6.45) is 4.23. The lowest BCUT2D eigenvalue weighted by molar-refractivity contribution is 0.409. The van der Waals surface area contributed by atoms with Gasteiger partial charge in [-0.3, -0.25) is 4.98 Å². The summed E-state index contributed by atoms with van der Waals surface area (Å²) < 4.78 is 5.55. The van der Waals surface area contributed by atoms with E-state index in [2.05, 4.69) is 32.9 Å². The van der Waals surface area contributed by atoms with Gasteiger partial charge in [-0.25, -0.2) is 4.98 Å². The van der Waals surface area contributed by atoms with E-state index in [1.54, 1.807) is 19.5 Å². The molecule has 28 heavy (non-hydrogen) atoms. The average Bonchev–Trinajstić information content (AvgIpc) is 2.72. The first-order chi connectivity index (χ1) is 13.5. The van der Waals surface area contributed by atoms with Crippen molar-refractivity contribution in [3.8, 4) is 28.7 Å². The standard InChI is InChI=1S/C22H23N5O/c1-4-19-17(21(23)27-22(24)26-19)7-5-14(2)18-13-16(6-8-20(18)28-3)15-9-11-25-12-10-15/h6,8-14H,4H2,1-3H3,(H4,23,24,26,27)/t14-/m1/s1. The molecule has 0 saturated carbocycles. The zero-order valence-electron chi connectivity index (χ0n) is 16.2. The van der Waals surface area contributed by atoms with E-state index in [1.165, 1.54) is 0 Å². The fourth-order valence-corrected chi connectivity index (χ4v) is 2.99. The van der Waals surface area contributed by atoms with E-state index in [0.29, 0.717) is 17.8 Å². The number of benzene rings is 1. The Kier molecular flexibility index (Phi) is 5.75. The van der Waals surface area contributed by atoms with Gasteiger partial charge in [0.1, 0.15) is 11.6 Å². The van der Waals surface area contributed by atoms with Crippen molar-refractivity contribution in [3.05, 3.63) is 59.5 Å². The van der Waals surface area contributed by atoms with Gasteiger partial charge in [0.2, 0.25) is 5.95 Å². The lowest BCUT2D eigenvalue weighted by Gasteiger charge is -2.13. The second-order valence-corrected chi connectivity index (χ2v) is 6.33. The molecular formula is C22H23N5O. The van der Waals surface area contributed by atoms with Crippen LogP contribution in [0.5, 0.6) is 5.75 Å². The van der Waals surface area contributed by atoms with Crippen LogP contribution >= 0.6 is 0 Å². The smallest absolute Gasteiger partial charge is 0.222 e. The maximum Gasteiger partial charge on any atom is 0.222 e. The van der Waals surface area contributed by atoms with Crippen molar-refractivity contribution in [3.63, 3.8) is 0 Å². The molecule has 0 aliphatic heterocycles. The molecule has 2 aromatic heterocycles. The van der Waals surface area contributed by atoms with Gasteiger partial charge < -0.3 is 16.2 Å². The Morgan fingerprint density at radius 1 is 1.07 bits per heavy atom. The zero-order chi connectivity index (χ0) is 20.1. The molecule has 0 aliphatic carbocycles. The van der Waals surface area contributed by atoms with Crippen molar-refractivity contribution < 1.29 is 4.74 Å². The number of rotatable bonds is 4. The molecule has 0 saturated heterocycles. The lowest BCUT2D eigenvalue weighted by Crippen LogP contribution is -2.07. The quantitative estimate of drug-likeness (QED) is 0.680. The Hall–Kier alpha value is -3.59. The van der Waals surface area contributed by atoms with Crippen LogP contribution in [0.4, 0.5) is 11.8 Å². The van der Waals surface area contributed by atoms with Gasteiger partial charge in [-0.2, -0.15) is 4.98 Å². The first-order valence-electron chi connectivity index (χ1n) is 9.05. The number of methoxy groups -OCH3 is 1. The average molecular weight is 373 g/mol. The van der Waals surface area contributed by atoms with Crippen LogP contribution in [0.2, 0.25) is 0 Å². The maximum atomic E-state index is 6.01. The highest BCUT2D eigenvalue weighted by molar-refractivity contribution is 5.66. The van der Waals surface area contributed by atoms with Crippen LogP contribution in [0.3, 0.4) is 0 Å². The fourth-order valence-electron chi connectivity index (χ4n) is 2.99. The van der Waals surface area contributed by atoms with Crippen LogP contribution in [0.15, 0.2) is 42.7 Å². The third-order valence-corrected chi connectivity index (χ3v) is 4.49. The molecule has 0 spiro atoms. The van der Waals surface area contributed by atoms with E-state index in [0.717, 1.165) is 28.1 Å². The minimum atomic E-state index is -0.0848. The van der Waals surface area contributed by atoms with E-state index >= 15 is 0 Å². The summed E-state index contributed by atoms with van der Waals surface area (Å²) >= 11 is 0. The molecular weight excluding hydrogens is 350 g/mol. The van der Waals surface area contributed by atoms with Gasteiger partial charge in [0, 0.05) is 23.9 Å². The number of aryl methyl sites for hydroxylation is 1. The predicted molar refractivity (Wildman–Crippen MR) is 112 cm³/mol. The molecule has 1 aromatic carbocycles. The number of nitrogens with zero attached hydrogens (tertiary/aromatic N) is 3. The summed E-state index contributed by atoms with van der Waals surface area (Å²) in [5.74, 6) is 7.59. The summed E-state index contributed by atoms with van der Waals surface area (Å²) in [5, 5.41) is 0. The fraction of sp³-hybridized carbons (Fsp3) is 0.227. The van der Waals surface area contributed by atoms with Crippen molar-refractivity contribution in [1.29, 1.82) is 0 Å². The Balaban J connectivity index is 2.00. The predicted octanol–water partition coefficient (Wildman–Crippen LogP) is 3.43.